The number of carbonyl (C=O) groups excluding carboxylic acids is 1. The fourth-order valence-electron chi connectivity index (χ4n) is 3.06. The molecule has 0 unspecified atom stereocenters. The molecule has 0 saturated heterocycles. The number of nitrogens with zero attached hydrogens (tertiary/aromatic N) is 2. The summed E-state index contributed by atoms with van der Waals surface area (Å²) in [5, 5.41) is 5.18. The molecule has 2 aromatic heterocycles. The summed E-state index contributed by atoms with van der Waals surface area (Å²) in [6.45, 7) is 1.73. The summed E-state index contributed by atoms with van der Waals surface area (Å²) in [4.78, 5) is 29.9. The predicted molar refractivity (Wildman–Crippen MR) is 121 cm³/mol. The number of thiophene rings is 1. The molecule has 5 nitrogen and oxygen atoms in total. The molecule has 0 aliphatic carbocycles. The van der Waals surface area contributed by atoms with Crippen molar-refractivity contribution in [1.82, 2.24) is 9.55 Å². The van der Waals surface area contributed by atoms with Gasteiger partial charge in [-0.25, -0.2) is 9.37 Å². The molecule has 0 saturated carbocycles. The Bertz CT molecular complexity index is 1300. The van der Waals surface area contributed by atoms with E-state index in [0.717, 1.165) is 11.1 Å². The monoisotopic (exact) mass is 439 g/mol. The average molecular weight is 440 g/mol. The average Bonchev–Trinajstić information content (AvgIpc) is 3.16. The van der Waals surface area contributed by atoms with Crippen molar-refractivity contribution in [3.8, 4) is 11.1 Å². The van der Waals surface area contributed by atoms with E-state index in [9.17, 15) is 14.0 Å². The highest BCUT2D eigenvalue weighted by molar-refractivity contribution is 7.99. The van der Waals surface area contributed by atoms with Crippen LogP contribution in [0.1, 0.15) is 5.56 Å². The minimum atomic E-state index is -0.350. The van der Waals surface area contributed by atoms with Crippen LogP contribution in [0.3, 0.4) is 0 Å². The normalized spacial score (nSPS) is 11.0. The largest absolute Gasteiger partial charge is 0.325 e. The number of benzene rings is 2. The van der Waals surface area contributed by atoms with Crippen molar-refractivity contribution >= 4 is 44.9 Å². The summed E-state index contributed by atoms with van der Waals surface area (Å²) in [6, 6.07) is 14.0. The van der Waals surface area contributed by atoms with Crippen LogP contribution >= 0.6 is 23.1 Å². The van der Waals surface area contributed by atoms with Gasteiger partial charge in [-0.1, -0.05) is 42.1 Å². The highest BCUT2D eigenvalue weighted by Gasteiger charge is 2.16. The Hall–Kier alpha value is -2.97. The van der Waals surface area contributed by atoms with Crippen molar-refractivity contribution in [2.45, 2.75) is 12.1 Å². The Labute approximate surface area is 180 Å². The lowest BCUT2D eigenvalue weighted by Gasteiger charge is -2.10. The van der Waals surface area contributed by atoms with Crippen LogP contribution in [0.4, 0.5) is 10.1 Å². The molecule has 0 aliphatic heterocycles. The van der Waals surface area contributed by atoms with Gasteiger partial charge in [0.05, 0.1) is 11.3 Å². The molecule has 4 aromatic rings. The number of amides is 1. The second kappa shape index (κ2) is 8.41. The van der Waals surface area contributed by atoms with Crippen LogP contribution in [0.15, 0.2) is 63.9 Å². The summed E-state index contributed by atoms with van der Waals surface area (Å²) < 4.78 is 15.3. The molecule has 30 heavy (non-hydrogen) atoms. The molecule has 4 rings (SSSR count). The van der Waals surface area contributed by atoms with Gasteiger partial charge in [0.15, 0.2) is 5.16 Å². The fourth-order valence-corrected chi connectivity index (χ4v) is 4.81. The van der Waals surface area contributed by atoms with E-state index < -0.39 is 0 Å². The molecule has 0 aliphatic rings. The van der Waals surface area contributed by atoms with Crippen molar-refractivity contribution in [1.29, 1.82) is 0 Å². The number of fused-ring (bicyclic) bond motifs is 1. The van der Waals surface area contributed by atoms with Gasteiger partial charge in [0, 0.05) is 23.7 Å². The molecular weight excluding hydrogens is 421 g/mol. The Kier molecular flexibility index (Phi) is 5.69. The molecule has 0 atom stereocenters. The van der Waals surface area contributed by atoms with Gasteiger partial charge in [-0.3, -0.25) is 14.2 Å². The first-order valence-corrected chi connectivity index (χ1v) is 11.0. The Morgan fingerprint density at radius 3 is 2.73 bits per heavy atom. The van der Waals surface area contributed by atoms with Gasteiger partial charge < -0.3 is 5.32 Å². The second-order valence-electron chi connectivity index (χ2n) is 6.75. The molecule has 0 fully saturated rings. The van der Waals surface area contributed by atoms with Gasteiger partial charge in [0.2, 0.25) is 5.91 Å². The lowest BCUT2D eigenvalue weighted by atomic mass is 10.1. The number of aromatic nitrogens is 2. The number of rotatable bonds is 5. The zero-order valence-corrected chi connectivity index (χ0v) is 17.9. The number of hydrogen-bond acceptors (Lipinski definition) is 5. The van der Waals surface area contributed by atoms with Crippen LogP contribution in [0.5, 0.6) is 0 Å². The summed E-state index contributed by atoms with van der Waals surface area (Å²) in [5.74, 6) is -0.525. The zero-order valence-electron chi connectivity index (χ0n) is 16.3. The van der Waals surface area contributed by atoms with E-state index in [4.69, 9.17) is 0 Å². The standard InChI is InChI=1S/C22H18FN3O2S2/c1-13-10-15(23)8-9-17(13)24-18(27)12-30-22-25-19-16(14-6-4-3-5-7-14)11-29-20(19)21(28)26(22)2/h3-11H,12H2,1-2H3,(H,24,27). The van der Waals surface area contributed by atoms with E-state index in [1.807, 2.05) is 35.7 Å². The third-order valence-corrected chi connectivity index (χ3v) is 6.62. The van der Waals surface area contributed by atoms with Gasteiger partial charge in [0.25, 0.3) is 5.56 Å². The lowest BCUT2D eigenvalue weighted by Crippen LogP contribution is -2.21. The Balaban J connectivity index is 1.59. The first-order valence-electron chi connectivity index (χ1n) is 9.16. The number of carbonyl (C=O) groups is 1. The van der Waals surface area contributed by atoms with Crippen LogP contribution in [0.25, 0.3) is 21.3 Å². The minimum absolute atomic E-state index is 0.0768. The Morgan fingerprint density at radius 2 is 2.00 bits per heavy atom. The smallest absolute Gasteiger partial charge is 0.271 e. The number of nitrogens with one attached hydrogen (secondary N) is 1. The maximum atomic E-state index is 13.2. The maximum absolute atomic E-state index is 13.2. The van der Waals surface area contributed by atoms with Crippen LogP contribution < -0.4 is 10.9 Å². The van der Waals surface area contributed by atoms with Gasteiger partial charge in [-0.05, 0) is 36.2 Å². The molecule has 152 valence electrons. The van der Waals surface area contributed by atoms with Crippen LogP contribution in [-0.4, -0.2) is 21.2 Å². The number of thioether (sulfide) groups is 1. The molecule has 2 aromatic carbocycles. The van der Waals surface area contributed by atoms with Crippen molar-refractivity contribution in [2.75, 3.05) is 11.1 Å². The first kappa shape index (κ1) is 20.3. The quantitative estimate of drug-likeness (QED) is 0.357. The van der Waals surface area contributed by atoms with Gasteiger partial charge in [-0.15, -0.1) is 11.3 Å². The summed E-state index contributed by atoms with van der Waals surface area (Å²) >= 11 is 2.56. The lowest BCUT2D eigenvalue weighted by molar-refractivity contribution is -0.113. The van der Waals surface area contributed by atoms with Gasteiger partial charge >= 0.3 is 0 Å². The van der Waals surface area contributed by atoms with Crippen molar-refractivity contribution in [2.24, 2.45) is 7.05 Å². The molecule has 0 spiro atoms. The second-order valence-corrected chi connectivity index (χ2v) is 8.57. The van der Waals surface area contributed by atoms with E-state index in [1.165, 1.54) is 45.9 Å². The molecular formula is C22H18FN3O2S2. The third kappa shape index (κ3) is 4.01. The van der Waals surface area contributed by atoms with E-state index in [2.05, 4.69) is 10.3 Å². The topological polar surface area (TPSA) is 64.0 Å². The number of aryl methyl sites for hydroxylation is 1. The third-order valence-electron chi connectivity index (χ3n) is 4.64. The molecule has 1 amide bonds. The molecule has 0 radical (unpaired) electrons. The van der Waals surface area contributed by atoms with E-state index in [0.29, 0.717) is 26.6 Å². The van der Waals surface area contributed by atoms with Gasteiger partial charge in [-0.2, -0.15) is 0 Å². The van der Waals surface area contributed by atoms with E-state index >= 15 is 0 Å². The maximum Gasteiger partial charge on any atom is 0.271 e. The number of halogens is 1. The van der Waals surface area contributed by atoms with Crippen molar-refractivity contribution < 1.29 is 9.18 Å². The zero-order chi connectivity index (χ0) is 21.3. The molecule has 1 N–H and O–H groups in total. The Morgan fingerprint density at radius 1 is 1.23 bits per heavy atom. The van der Waals surface area contributed by atoms with Crippen LogP contribution in [0, 0.1) is 12.7 Å². The summed E-state index contributed by atoms with van der Waals surface area (Å²) in [6.07, 6.45) is 0. The van der Waals surface area contributed by atoms with Gasteiger partial charge in [0.1, 0.15) is 10.5 Å². The van der Waals surface area contributed by atoms with Crippen LogP contribution in [-0.2, 0) is 11.8 Å². The summed E-state index contributed by atoms with van der Waals surface area (Å²) in [5.41, 5.74) is 3.61. The first-order chi connectivity index (χ1) is 14.4. The van der Waals surface area contributed by atoms with E-state index in [1.54, 1.807) is 14.0 Å². The number of hydrogen-bond donors (Lipinski definition) is 1. The highest BCUT2D eigenvalue weighted by Crippen LogP contribution is 2.32. The highest BCUT2D eigenvalue weighted by atomic mass is 32.2. The minimum Gasteiger partial charge on any atom is -0.325 e. The van der Waals surface area contributed by atoms with E-state index in [-0.39, 0.29) is 23.0 Å². The van der Waals surface area contributed by atoms with Crippen molar-refractivity contribution in [3.63, 3.8) is 0 Å². The predicted octanol–water partition coefficient (Wildman–Crippen LogP) is 4.84. The molecule has 8 heteroatoms. The fraction of sp³-hybridized carbons (Fsp3) is 0.136. The molecule has 0 bridgehead atoms. The number of anilines is 1. The SMILES string of the molecule is Cc1cc(F)ccc1NC(=O)CSc1nc2c(-c3ccccc3)csc2c(=O)n1C. The summed E-state index contributed by atoms with van der Waals surface area (Å²) in [7, 11) is 1.65. The van der Waals surface area contributed by atoms with Crippen LogP contribution in [0.2, 0.25) is 0 Å². The van der Waals surface area contributed by atoms with Crippen molar-refractivity contribution in [3.05, 3.63) is 75.6 Å². The molecule has 2 heterocycles.